The van der Waals surface area contributed by atoms with Crippen LogP contribution < -0.4 is 16.6 Å². The van der Waals surface area contributed by atoms with E-state index < -0.39 is 0 Å². The number of hydrazine groups is 1. The molecule has 7 heteroatoms. The van der Waals surface area contributed by atoms with Crippen molar-refractivity contribution in [3.63, 3.8) is 0 Å². The minimum Gasteiger partial charge on any atom is -0.382 e. The molecular weight excluding hydrogens is 320 g/mol. The van der Waals surface area contributed by atoms with Crippen LogP contribution in [0, 0.1) is 0 Å². The van der Waals surface area contributed by atoms with Gasteiger partial charge in [-0.15, -0.1) is 0 Å². The summed E-state index contributed by atoms with van der Waals surface area (Å²) >= 11 is 9.39. The Morgan fingerprint density at radius 1 is 1.61 bits per heavy atom. The third-order valence-corrected chi connectivity index (χ3v) is 3.50. The van der Waals surface area contributed by atoms with E-state index in [9.17, 15) is 0 Å². The van der Waals surface area contributed by atoms with Crippen molar-refractivity contribution < 1.29 is 4.74 Å². The lowest BCUT2D eigenvalue weighted by Crippen LogP contribution is -2.37. The lowest BCUT2D eigenvalue weighted by atomic mass is 10.3. The van der Waals surface area contributed by atoms with Crippen LogP contribution in [0.2, 0.25) is 5.02 Å². The first-order valence-corrected chi connectivity index (χ1v) is 6.50. The van der Waals surface area contributed by atoms with Gasteiger partial charge in [0.25, 0.3) is 0 Å². The summed E-state index contributed by atoms with van der Waals surface area (Å²) in [4.78, 5) is 4.33. The molecule has 0 saturated carbocycles. The number of hydrogen-bond donors (Lipinski definition) is 3. The minimum absolute atomic E-state index is 0.00786. The summed E-state index contributed by atoms with van der Waals surface area (Å²) in [6.45, 7) is 2.44. The van der Waals surface area contributed by atoms with Crippen molar-refractivity contribution in [2.75, 3.05) is 19.0 Å². The lowest BCUT2D eigenvalue weighted by molar-refractivity contribution is 0.185. The van der Waals surface area contributed by atoms with E-state index in [1.807, 2.05) is 19.1 Å². The minimum atomic E-state index is -0.00786. The van der Waals surface area contributed by atoms with Crippen LogP contribution in [0.1, 0.15) is 6.92 Å². The molecule has 0 aliphatic rings. The van der Waals surface area contributed by atoms with Crippen LogP contribution in [-0.4, -0.2) is 25.7 Å². The summed E-state index contributed by atoms with van der Waals surface area (Å²) in [5.74, 6) is 5.87. The van der Waals surface area contributed by atoms with Crippen LogP contribution in [0.15, 0.2) is 27.7 Å². The average molecular weight is 336 g/mol. The number of nitrogens with zero attached hydrogens (tertiary/aromatic N) is 1. The summed E-state index contributed by atoms with van der Waals surface area (Å²) in [5, 5.41) is 3.67. The van der Waals surface area contributed by atoms with Gasteiger partial charge in [-0.1, -0.05) is 17.7 Å². The van der Waals surface area contributed by atoms with E-state index >= 15 is 0 Å². The van der Waals surface area contributed by atoms with Crippen molar-refractivity contribution in [1.29, 1.82) is 0 Å². The molecule has 0 aliphatic heterocycles. The summed E-state index contributed by atoms with van der Waals surface area (Å²) in [6.07, 6.45) is 0. The number of halogens is 2. The van der Waals surface area contributed by atoms with E-state index in [-0.39, 0.29) is 6.04 Å². The number of nitrogens with one attached hydrogen (secondary N) is 2. The van der Waals surface area contributed by atoms with Gasteiger partial charge >= 0.3 is 0 Å². The average Bonchev–Trinajstić information content (AvgIpc) is 2.34. The second-order valence-electron chi connectivity index (χ2n) is 3.65. The first kappa shape index (κ1) is 15.2. The SMILES string of the molecule is COCC(C)N=C(NN)Nc1cccc(Cl)c1Br. The number of guanidine groups is 1. The van der Waals surface area contributed by atoms with Crippen molar-refractivity contribution in [3.8, 4) is 0 Å². The third-order valence-electron chi connectivity index (χ3n) is 2.10. The van der Waals surface area contributed by atoms with Gasteiger partial charge in [-0.25, -0.2) is 10.8 Å². The number of anilines is 1. The molecule has 0 amide bonds. The number of benzene rings is 1. The van der Waals surface area contributed by atoms with Gasteiger partial charge in [0.2, 0.25) is 5.96 Å². The van der Waals surface area contributed by atoms with E-state index in [1.54, 1.807) is 13.2 Å². The predicted octanol–water partition coefficient (Wildman–Crippen LogP) is 2.37. The molecule has 18 heavy (non-hydrogen) atoms. The lowest BCUT2D eigenvalue weighted by Gasteiger charge is -2.13. The summed E-state index contributed by atoms with van der Waals surface area (Å²) < 4.78 is 5.77. The molecular formula is C11H16BrClN4O. The van der Waals surface area contributed by atoms with Crippen molar-refractivity contribution >= 4 is 39.2 Å². The maximum absolute atomic E-state index is 6.00. The van der Waals surface area contributed by atoms with Gasteiger partial charge in [0.05, 0.1) is 27.8 Å². The van der Waals surface area contributed by atoms with E-state index in [0.29, 0.717) is 17.6 Å². The fourth-order valence-electron chi connectivity index (χ4n) is 1.33. The summed E-state index contributed by atoms with van der Waals surface area (Å²) in [6, 6.07) is 5.48. The number of methoxy groups -OCH3 is 1. The molecule has 1 aromatic carbocycles. The molecule has 0 heterocycles. The predicted molar refractivity (Wildman–Crippen MR) is 78.9 cm³/mol. The number of aliphatic imine (C=N–C) groups is 1. The molecule has 0 aliphatic carbocycles. The van der Waals surface area contributed by atoms with Gasteiger partial charge in [-0.05, 0) is 35.0 Å². The van der Waals surface area contributed by atoms with Crippen LogP contribution in [-0.2, 0) is 4.74 Å². The van der Waals surface area contributed by atoms with Crippen LogP contribution in [0.5, 0.6) is 0 Å². The Balaban J connectivity index is 2.83. The zero-order valence-corrected chi connectivity index (χ0v) is 12.5. The molecule has 1 atom stereocenters. The molecule has 1 rings (SSSR count). The second-order valence-corrected chi connectivity index (χ2v) is 4.85. The van der Waals surface area contributed by atoms with Gasteiger partial charge in [-0.2, -0.15) is 0 Å². The molecule has 0 radical (unpaired) electrons. The van der Waals surface area contributed by atoms with Crippen molar-refractivity contribution in [1.82, 2.24) is 5.43 Å². The Kier molecular flexibility index (Phi) is 6.42. The number of ether oxygens (including phenoxy) is 1. The third kappa shape index (κ3) is 4.45. The molecule has 0 spiro atoms. The maximum Gasteiger partial charge on any atom is 0.210 e. The Hall–Kier alpha value is -0.820. The molecule has 0 saturated heterocycles. The topological polar surface area (TPSA) is 71.7 Å². The van der Waals surface area contributed by atoms with Crippen molar-refractivity contribution in [2.24, 2.45) is 10.8 Å². The molecule has 0 fully saturated rings. The van der Waals surface area contributed by atoms with E-state index in [0.717, 1.165) is 10.2 Å². The normalized spacial score (nSPS) is 13.3. The van der Waals surface area contributed by atoms with Gasteiger partial charge in [0, 0.05) is 7.11 Å². The first-order chi connectivity index (χ1) is 8.58. The molecule has 4 N–H and O–H groups in total. The Labute approximate surface area is 120 Å². The maximum atomic E-state index is 6.00. The van der Waals surface area contributed by atoms with E-state index in [1.165, 1.54) is 0 Å². The summed E-state index contributed by atoms with van der Waals surface area (Å²) in [5.41, 5.74) is 3.29. The molecule has 0 aromatic heterocycles. The van der Waals surface area contributed by atoms with Crippen molar-refractivity contribution in [3.05, 3.63) is 27.7 Å². The van der Waals surface area contributed by atoms with Crippen LogP contribution in [0.4, 0.5) is 5.69 Å². The van der Waals surface area contributed by atoms with Crippen LogP contribution >= 0.6 is 27.5 Å². The van der Waals surface area contributed by atoms with Gasteiger partial charge in [0.1, 0.15) is 0 Å². The number of hydrogen-bond acceptors (Lipinski definition) is 3. The fourth-order valence-corrected chi connectivity index (χ4v) is 1.87. The highest BCUT2D eigenvalue weighted by Crippen LogP contribution is 2.29. The summed E-state index contributed by atoms with van der Waals surface area (Å²) in [7, 11) is 1.63. The Morgan fingerprint density at radius 2 is 2.33 bits per heavy atom. The monoisotopic (exact) mass is 334 g/mol. The van der Waals surface area contributed by atoms with Crippen molar-refractivity contribution in [2.45, 2.75) is 13.0 Å². The van der Waals surface area contributed by atoms with E-state index in [2.05, 4.69) is 31.7 Å². The Bertz CT molecular complexity index is 428. The smallest absolute Gasteiger partial charge is 0.210 e. The number of rotatable bonds is 4. The standard InChI is InChI=1S/C11H16BrClN4O/c1-7(6-18-2)15-11(17-14)16-9-5-3-4-8(13)10(9)12/h3-5,7H,6,14H2,1-2H3,(H2,15,16,17). The molecule has 100 valence electrons. The Morgan fingerprint density at radius 3 is 2.94 bits per heavy atom. The zero-order valence-electron chi connectivity index (χ0n) is 10.2. The first-order valence-electron chi connectivity index (χ1n) is 5.32. The zero-order chi connectivity index (χ0) is 13.5. The van der Waals surface area contributed by atoms with E-state index in [4.69, 9.17) is 22.2 Å². The molecule has 5 nitrogen and oxygen atoms in total. The quantitative estimate of drug-likeness (QED) is 0.342. The highest BCUT2D eigenvalue weighted by atomic mass is 79.9. The van der Waals surface area contributed by atoms with Crippen LogP contribution in [0.25, 0.3) is 0 Å². The second kappa shape index (κ2) is 7.58. The largest absolute Gasteiger partial charge is 0.382 e. The van der Waals surface area contributed by atoms with Gasteiger partial charge in [0.15, 0.2) is 0 Å². The van der Waals surface area contributed by atoms with Gasteiger partial charge in [-0.3, -0.25) is 5.43 Å². The molecule has 0 bridgehead atoms. The number of nitrogens with two attached hydrogens (primary N) is 1. The highest BCUT2D eigenvalue weighted by Gasteiger charge is 2.07. The van der Waals surface area contributed by atoms with Crippen LogP contribution in [0.3, 0.4) is 0 Å². The van der Waals surface area contributed by atoms with Gasteiger partial charge < -0.3 is 10.1 Å². The highest BCUT2D eigenvalue weighted by molar-refractivity contribution is 9.10. The fraction of sp³-hybridized carbons (Fsp3) is 0.364. The molecule has 1 aromatic rings. The molecule has 1 unspecified atom stereocenters.